The average Bonchev–Trinajstić information content (AvgIpc) is 2.68. The first-order valence-electron chi connectivity index (χ1n) is 8.43. The van der Waals surface area contributed by atoms with E-state index in [0.717, 1.165) is 18.0 Å². The van der Waals surface area contributed by atoms with Crippen molar-refractivity contribution in [3.63, 3.8) is 0 Å². The van der Waals surface area contributed by atoms with Gasteiger partial charge in [0.2, 0.25) is 0 Å². The molecule has 7 nitrogen and oxygen atoms in total. The van der Waals surface area contributed by atoms with Crippen molar-refractivity contribution in [2.24, 2.45) is 0 Å². The van der Waals surface area contributed by atoms with Crippen LogP contribution in [0.4, 0.5) is 36.2 Å². The maximum Gasteiger partial charge on any atom is 0.418 e. The molecule has 1 amide bonds. The number of amides is 1. The largest absolute Gasteiger partial charge is 0.418 e. The van der Waals surface area contributed by atoms with Gasteiger partial charge in [0.15, 0.2) is 11.6 Å². The summed E-state index contributed by atoms with van der Waals surface area (Å²) in [7, 11) is 0. The van der Waals surface area contributed by atoms with Crippen LogP contribution in [0.15, 0.2) is 54.9 Å². The van der Waals surface area contributed by atoms with E-state index in [1.165, 1.54) is 18.2 Å². The molecule has 2 aromatic carbocycles. The van der Waals surface area contributed by atoms with E-state index in [0.29, 0.717) is 5.56 Å². The van der Waals surface area contributed by atoms with Gasteiger partial charge in [-0.1, -0.05) is 30.3 Å². The van der Waals surface area contributed by atoms with Crippen molar-refractivity contribution in [2.45, 2.75) is 13.1 Å². The minimum atomic E-state index is -4.55. The maximum absolute atomic E-state index is 13.2. The van der Waals surface area contributed by atoms with Gasteiger partial charge in [0.1, 0.15) is 12.0 Å². The van der Waals surface area contributed by atoms with Crippen LogP contribution in [0.3, 0.4) is 0 Å². The van der Waals surface area contributed by atoms with Gasteiger partial charge >= 0.3 is 6.18 Å². The van der Waals surface area contributed by atoms with Crippen molar-refractivity contribution in [3.8, 4) is 0 Å². The highest BCUT2D eigenvalue weighted by atomic mass is 19.4. The number of hydrogen-bond donors (Lipinski definition) is 4. The average molecular weight is 402 g/mol. The fourth-order valence-corrected chi connectivity index (χ4v) is 2.57. The van der Waals surface area contributed by atoms with E-state index in [2.05, 4.69) is 26.1 Å². The fourth-order valence-electron chi connectivity index (χ4n) is 2.57. The van der Waals surface area contributed by atoms with Crippen LogP contribution >= 0.6 is 0 Å². The number of aromatic nitrogens is 2. The van der Waals surface area contributed by atoms with Gasteiger partial charge in [-0.05, 0) is 30.7 Å². The van der Waals surface area contributed by atoms with Crippen LogP contribution in [0.5, 0.6) is 0 Å². The Bertz CT molecular complexity index is 1040. The third-order valence-electron chi connectivity index (χ3n) is 4.05. The summed E-state index contributed by atoms with van der Waals surface area (Å²) < 4.78 is 39.5. The molecule has 0 aliphatic carbocycles. The number of rotatable bonds is 5. The van der Waals surface area contributed by atoms with E-state index in [9.17, 15) is 18.0 Å². The second-order valence-electron chi connectivity index (χ2n) is 6.05. The number of aryl methyl sites for hydroxylation is 1. The fraction of sp³-hybridized carbons (Fsp3) is 0.105. The molecule has 0 spiro atoms. The van der Waals surface area contributed by atoms with Gasteiger partial charge in [-0.15, -0.1) is 0 Å². The lowest BCUT2D eigenvalue weighted by Crippen LogP contribution is -2.31. The van der Waals surface area contributed by atoms with E-state index in [1.807, 2.05) is 0 Å². The number of nitrogens with two attached hydrogens (primary N) is 1. The third-order valence-corrected chi connectivity index (χ3v) is 4.05. The molecule has 0 saturated heterocycles. The predicted molar refractivity (Wildman–Crippen MR) is 103 cm³/mol. The van der Waals surface area contributed by atoms with Gasteiger partial charge in [0, 0.05) is 5.56 Å². The Morgan fingerprint density at radius 3 is 2.38 bits per heavy atom. The molecule has 10 heteroatoms. The molecule has 0 atom stereocenters. The topological polar surface area (TPSA) is 105 Å². The van der Waals surface area contributed by atoms with Crippen molar-refractivity contribution in [1.82, 2.24) is 15.4 Å². The van der Waals surface area contributed by atoms with Gasteiger partial charge in [-0.3, -0.25) is 15.6 Å². The summed E-state index contributed by atoms with van der Waals surface area (Å²) in [5, 5.41) is 2.57. The lowest BCUT2D eigenvalue weighted by atomic mass is 10.1. The van der Waals surface area contributed by atoms with Gasteiger partial charge < -0.3 is 11.1 Å². The molecule has 0 aliphatic heterocycles. The number of alkyl halides is 3. The van der Waals surface area contributed by atoms with E-state index in [-0.39, 0.29) is 23.0 Å². The van der Waals surface area contributed by atoms with Gasteiger partial charge in [-0.25, -0.2) is 9.97 Å². The number of benzene rings is 2. The van der Waals surface area contributed by atoms with E-state index in [1.54, 1.807) is 31.2 Å². The molecular formula is C19H17F3N6O. The normalized spacial score (nSPS) is 11.0. The van der Waals surface area contributed by atoms with E-state index in [4.69, 9.17) is 5.73 Å². The Morgan fingerprint density at radius 2 is 1.66 bits per heavy atom. The molecule has 150 valence electrons. The van der Waals surface area contributed by atoms with Crippen LogP contribution in [-0.4, -0.2) is 15.9 Å². The number of carbonyl (C=O) groups is 1. The number of para-hydroxylation sites is 1. The van der Waals surface area contributed by atoms with Gasteiger partial charge in [-0.2, -0.15) is 13.2 Å². The predicted octanol–water partition coefficient (Wildman–Crippen LogP) is 3.89. The van der Waals surface area contributed by atoms with Crippen molar-refractivity contribution in [2.75, 3.05) is 16.5 Å². The smallest absolute Gasteiger partial charge is 0.393 e. The highest BCUT2D eigenvalue weighted by Crippen LogP contribution is 2.36. The number of nitrogens with one attached hydrogen (secondary N) is 3. The quantitative estimate of drug-likeness (QED) is 0.483. The van der Waals surface area contributed by atoms with Crippen LogP contribution in [0.1, 0.15) is 21.5 Å². The van der Waals surface area contributed by atoms with Crippen molar-refractivity contribution < 1.29 is 18.0 Å². The number of anilines is 4. The molecule has 0 bridgehead atoms. The van der Waals surface area contributed by atoms with Crippen LogP contribution < -0.4 is 21.9 Å². The summed E-state index contributed by atoms with van der Waals surface area (Å²) >= 11 is 0. The minimum Gasteiger partial charge on any atom is -0.393 e. The lowest BCUT2D eigenvalue weighted by molar-refractivity contribution is -0.136. The molecular weight excluding hydrogens is 385 g/mol. The number of hydrazine groups is 1. The summed E-state index contributed by atoms with van der Waals surface area (Å²) in [6.45, 7) is 1.79. The number of nitrogens with zero attached hydrogens (tertiary/aromatic N) is 2. The minimum absolute atomic E-state index is 0.0360. The van der Waals surface area contributed by atoms with Crippen LogP contribution in [0.2, 0.25) is 0 Å². The molecule has 3 aromatic rings. The first-order chi connectivity index (χ1) is 13.8. The van der Waals surface area contributed by atoms with Crippen molar-refractivity contribution in [1.29, 1.82) is 0 Å². The molecule has 0 unspecified atom stereocenters. The summed E-state index contributed by atoms with van der Waals surface area (Å²) in [6.07, 6.45) is -3.44. The molecule has 1 heterocycles. The molecule has 0 radical (unpaired) electrons. The van der Waals surface area contributed by atoms with Crippen molar-refractivity contribution >= 4 is 28.9 Å². The summed E-state index contributed by atoms with van der Waals surface area (Å²) in [5.41, 5.74) is 11.1. The van der Waals surface area contributed by atoms with E-state index < -0.39 is 17.6 Å². The zero-order valence-corrected chi connectivity index (χ0v) is 15.2. The summed E-state index contributed by atoms with van der Waals surface area (Å²) in [5.74, 6) is -0.420. The Kier molecular flexibility index (Phi) is 5.53. The third kappa shape index (κ3) is 4.54. The summed E-state index contributed by atoms with van der Waals surface area (Å²) in [4.78, 5) is 20.1. The maximum atomic E-state index is 13.2. The lowest BCUT2D eigenvalue weighted by Gasteiger charge is -2.16. The molecule has 5 N–H and O–H groups in total. The number of carbonyl (C=O) groups excluding carboxylic acids is 1. The van der Waals surface area contributed by atoms with Crippen molar-refractivity contribution in [3.05, 3.63) is 71.5 Å². The monoisotopic (exact) mass is 402 g/mol. The standard InChI is InChI=1S/C19H17F3N6O/c1-11-6-2-3-7-12(11)18(29)28-27-17-15(23)16(24-10-25-17)26-14-9-5-4-8-13(14)19(20,21)22/h2-10H,23H2,1H3,(H,28,29)(H2,24,25,26,27). The van der Waals surface area contributed by atoms with Gasteiger partial charge in [0.25, 0.3) is 5.91 Å². The molecule has 3 rings (SSSR count). The molecule has 0 fully saturated rings. The van der Waals surface area contributed by atoms with Crippen LogP contribution in [-0.2, 0) is 6.18 Å². The highest BCUT2D eigenvalue weighted by Gasteiger charge is 2.33. The van der Waals surface area contributed by atoms with Crippen LogP contribution in [0, 0.1) is 6.92 Å². The zero-order valence-electron chi connectivity index (χ0n) is 15.2. The Morgan fingerprint density at radius 1 is 1.00 bits per heavy atom. The second kappa shape index (κ2) is 8.05. The first-order valence-corrected chi connectivity index (χ1v) is 8.43. The SMILES string of the molecule is Cc1ccccc1C(=O)NNc1ncnc(Nc2ccccc2C(F)(F)F)c1N. The first kappa shape index (κ1) is 19.9. The summed E-state index contributed by atoms with van der Waals surface area (Å²) in [6, 6.07) is 11.9. The van der Waals surface area contributed by atoms with Crippen LogP contribution in [0.25, 0.3) is 0 Å². The highest BCUT2D eigenvalue weighted by molar-refractivity contribution is 5.96. The second-order valence-corrected chi connectivity index (χ2v) is 6.05. The molecule has 0 saturated carbocycles. The zero-order chi connectivity index (χ0) is 21.0. The number of hydrogen-bond acceptors (Lipinski definition) is 6. The molecule has 1 aromatic heterocycles. The Hall–Kier alpha value is -3.82. The molecule has 29 heavy (non-hydrogen) atoms. The number of nitrogen functional groups attached to an aromatic ring is 1. The number of halogens is 3. The molecule has 0 aliphatic rings. The van der Waals surface area contributed by atoms with Gasteiger partial charge in [0.05, 0.1) is 11.3 Å². The Balaban J connectivity index is 1.79. The van der Waals surface area contributed by atoms with E-state index >= 15 is 0 Å². The Labute approximate surface area is 164 Å².